The second-order valence-corrected chi connectivity index (χ2v) is 6.75. The van der Waals surface area contributed by atoms with E-state index in [1.807, 2.05) is 0 Å². The quantitative estimate of drug-likeness (QED) is 0.699. The molecule has 1 rings (SSSR count). The van der Waals surface area contributed by atoms with E-state index >= 15 is 0 Å². The SMILES string of the molecule is CC(C)[C@H]1CCN1S(=O)(=O)C(C)C. The summed E-state index contributed by atoms with van der Waals surface area (Å²) in [6.45, 7) is 8.35. The van der Waals surface area contributed by atoms with Gasteiger partial charge in [0.2, 0.25) is 10.0 Å². The minimum Gasteiger partial charge on any atom is -0.212 e. The van der Waals surface area contributed by atoms with E-state index < -0.39 is 10.0 Å². The van der Waals surface area contributed by atoms with E-state index in [0.717, 1.165) is 6.42 Å². The van der Waals surface area contributed by atoms with E-state index in [2.05, 4.69) is 13.8 Å². The molecule has 0 saturated carbocycles. The molecule has 1 aliphatic heterocycles. The Morgan fingerprint density at radius 3 is 2.00 bits per heavy atom. The first kappa shape index (κ1) is 11.0. The second kappa shape index (κ2) is 3.58. The Labute approximate surface area is 81.2 Å². The first-order chi connectivity index (χ1) is 5.87. The van der Waals surface area contributed by atoms with E-state index in [0.29, 0.717) is 12.5 Å². The van der Waals surface area contributed by atoms with Gasteiger partial charge < -0.3 is 0 Å². The van der Waals surface area contributed by atoms with E-state index in [1.165, 1.54) is 0 Å². The number of sulfonamides is 1. The van der Waals surface area contributed by atoms with Crippen molar-refractivity contribution in [3.05, 3.63) is 0 Å². The predicted molar refractivity (Wildman–Crippen MR) is 54.0 cm³/mol. The molecule has 1 aliphatic rings. The van der Waals surface area contributed by atoms with Gasteiger partial charge in [-0.25, -0.2) is 8.42 Å². The molecule has 1 atom stereocenters. The minimum absolute atomic E-state index is 0.243. The molecule has 0 aromatic rings. The molecule has 0 N–H and O–H groups in total. The van der Waals surface area contributed by atoms with Crippen LogP contribution in [0, 0.1) is 5.92 Å². The molecule has 4 heteroatoms. The summed E-state index contributed by atoms with van der Waals surface area (Å²) in [6, 6.07) is 0.243. The maximum absolute atomic E-state index is 11.8. The first-order valence-corrected chi connectivity index (χ1v) is 6.38. The van der Waals surface area contributed by atoms with Crippen molar-refractivity contribution in [3.8, 4) is 0 Å². The fraction of sp³-hybridized carbons (Fsp3) is 1.00. The smallest absolute Gasteiger partial charge is 0.212 e. The summed E-state index contributed by atoms with van der Waals surface area (Å²) in [7, 11) is -3.00. The maximum Gasteiger partial charge on any atom is 0.216 e. The van der Waals surface area contributed by atoms with Gasteiger partial charge in [-0.05, 0) is 26.2 Å². The highest BCUT2D eigenvalue weighted by atomic mass is 32.2. The average Bonchev–Trinajstić information content (AvgIpc) is 1.80. The highest BCUT2D eigenvalue weighted by Gasteiger charge is 2.40. The van der Waals surface area contributed by atoms with Gasteiger partial charge >= 0.3 is 0 Å². The Balaban J connectivity index is 2.75. The van der Waals surface area contributed by atoms with E-state index in [-0.39, 0.29) is 11.3 Å². The molecule has 0 aliphatic carbocycles. The molecule has 0 amide bonds. The van der Waals surface area contributed by atoms with Gasteiger partial charge in [-0.3, -0.25) is 0 Å². The van der Waals surface area contributed by atoms with E-state index in [1.54, 1.807) is 18.2 Å². The summed E-state index contributed by atoms with van der Waals surface area (Å²) in [5, 5.41) is -0.283. The van der Waals surface area contributed by atoms with Crippen molar-refractivity contribution < 1.29 is 8.42 Å². The van der Waals surface area contributed by atoms with Gasteiger partial charge in [-0.15, -0.1) is 0 Å². The molecule has 0 radical (unpaired) electrons. The molecular formula is C9H19NO2S. The molecule has 0 aromatic carbocycles. The van der Waals surface area contributed by atoms with E-state index in [9.17, 15) is 8.42 Å². The van der Waals surface area contributed by atoms with Crippen LogP contribution in [0.25, 0.3) is 0 Å². The van der Waals surface area contributed by atoms with Crippen molar-refractivity contribution in [2.75, 3.05) is 6.54 Å². The van der Waals surface area contributed by atoms with Crippen LogP contribution in [0.4, 0.5) is 0 Å². The molecule has 1 saturated heterocycles. The summed E-state index contributed by atoms with van der Waals surface area (Å²) in [6.07, 6.45) is 1.02. The molecule has 3 nitrogen and oxygen atoms in total. The van der Waals surface area contributed by atoms with Crippen LogP contribution in [0.15, 0.2) is 0 Å². The molecule has 0 bridgehead atoms. The van der Waals surface area contributed by atoms with Crippen molar-refractivity contribution in [3.63, 3.8) is 0 Å². The van der Waals surface area contributed by atoms with Gasteiger partial charge in [0, 0.05) is 12.6 Å². The Kier molecular flexibility index (Phi) is 3.02. The number of hydrogen-bond acceptors (Lipinski definition) is 2. The average molecular weight is 205 g/mol. The molecule has 0 aromatic heterocycles. The van der Waals surface area contributed by atoms with Crippen LogP contribution < -0.4 is 0 Å². The van der Waals surface area contributed by atoms with Crippen LogP contribution in [-0.4, -0.2) is 30.6 Å². The summed E-state index contributed by atoms with van der Waals surface area (Å²) in [5.74, 6) is 0.433. The Morgan fingerprint density at radius 1 is 1.23 bits per heavy atom. The van der Waals surface area contributed by atoms with Crippen LogP contribution >= 0.6 is 0 Å². The van der Waals surface area contributed by atoms with Crippen molar-refractivity contribution in [2.24, 2.45) is 5.92 Å². The fourth-order valence-corrected chi connectivity index (χ4v) is 3.26. The van der Waals surface area contributed by atoms with Crippen LogP contribution in [0.2, 0.25) is 0 Å². The number of nitrogens with zero attached hydrogens (tertiary/aromatic N) is 1. The Bertz CT molecular complexity index is 269. The largest absolute Gasteiger partial charge is 0.216 e. The highest BCUT2D eigenvalue weighted by Crippen LogP contribution is 2.29. The van der Waals surface area contributed by atoms with Crippen molar-refractivity contribution in [1.29, 1.82) is 0 Å². The lowest BCUT2D eigenvalue weighted by atomic mass is 9.95. The van der Waals surface area contributed by atoms with Crippen molar-refractivity contribution in [2.45, 2.75) is 45.4 Å². The van der Waals surface area contributed by atoms with Gasteiger partial charge in [0.1, 0.15) is 0 Å². The number of hydrogen-bond donors (Lipinski definition) is 0. The maximum atomic E-state index is 11.8. The summed E-state index contributed by atoms with van der Waals surface area (Å²) in [5.41, 5.74) is 0. The normalized spacial score (nSPS) is 25.2. The summed E-state index contributed by atoms with van der Waals surface area (Å²) in [4.78, 5) is 0. The van der Waals surface area contributed by atoms with Gasteiger partial charge in [-0.1, -0.05) is 13.8 Å². The third-order valence-electron chi connectivity index (χ3n) is 2.71. The predicted octanol–water partition coefficient (Wildman–Crippen LogP) is 1.45. The molecule has 0 unspecified atom stereocenters. The van der Waals surface area contributed by atoms with Crippen molar-refractivity contribution in [1.82, 2.24) is 4.31 Å². The molecule has 78 valence electrons. The monoisotopic (exact) mass is 205 g/mol. The van der Waals surface area contributed by atoms with Crippen LogP contribution in [-0.2, 0) is 10.0 Å². The van der Waals surface area contributed by atoms with E-state index in [4.69, 9.17) is 0 Å². The molecule has 1 fully saturated rings. The van der Waals surface area contributed by atoms with Crippen molar-refractivity contribution >= 4 is 10.0 Å². The highest BCUT2D eigenvalue weighted by molar-refractivity contribution is 7.89. The topological polar surface area (TPSA) is 37.4 Å². The lowest BCUT2D eigenvalue weighted by Crippen LogP contribution is -2.55. The Hall–Kier alpha value is -0.0900. The summed E-state index contributed by atoms with van der Waals surface area (Å²) < 4.78 is 25.2. The van der Waals surface area contributed by atoms with Crippen LogP contribution in [0.1, 0.15) is 34.1 Å². The van der Waals surface area contributed by atoms with Gasteiger partial charge in [0.25, 0.3) is 0 Å². The Morgan fingerprint density at radius 2 is 1.77 bits per heavy atom. The summed E-state index contributed by atoms with van der Waals surface area (Å²) >= 11 is 0. The molecular weight excluding hydrogens is 186 g/mol. The molecule has 1 heterocycles. The zero-order valence-corrected chi connectivity index (χ0v) is 9.63. The van der Waals surface area contributed by atoms with Crippen LogP contribution in [0.5, 0.6) is 0 Å². The third-order valence-corrected chi connectivity index (χ3v) is 5.01. The standard InChI is InChI=1S/C9H19NO2S/c1-7(2)9-5-6-10(9)13(11,12)8(3)4/h7-9H,5-6H2,1-4H3/t9-/m1/s1. The molecule has 0 spiro atoms. The first-order valence-electron chi connectivity index (χ1n) is 4.88. The lowest BCUT2D eigenvalue weighted by Gasteiger charge is -2.43. The van der Waals surface area contributed by atoms with Gasteiger partial charge in [-0.2, -0.15) is 4.31 Å². The number of rotatable bonds is 3. The third kappa shape index (κ3) is 1.89. The zero-order valence-electron chi connectivity index (χ0n) is 8.82. The van der Waals surface area contributed by atoms with Crippen LogP contribution in [0.3, 0.4) is 0 Å². The second-order valence-electron chi connectivity index (χ2n) is 4.30. The lowest BCUT2D eigenvalue weighted by molar-refractivity contribution is 0.149. The zero-order chi connectivity index (χ0) is 10.2. The minimum atomic E-state index is -3.00. The van der Waals surface area contributed by atoms with Gasteiger partial charge in [0.15, 0.2) is 0 Å². The fourth-order valence-electron chi connectivity index (χ4n) is 1.64. The molecule has 13 heavy (non-hydrogen) atoms. The van der Waals surface area contributed by atoms with Gasteiger partial charge in [0.05, 0.1) is 5.25 Å².